The zero-order valence-corrected chi connectivity index (χ0v) is 16.8. The number of benzene rings is 2. The number of phenols is 1. The molecule has 0 saturated heterocycles. The molecular weight excluding hydrogens is 386 g/mol. The van der Waals surface area contributed by atoms with Gasteiger partial charge < -0.3 is 19.1 Å². The van der Waals surface area contributed by atoms with Crippen LogP contribution in [0.3, 0.4) is 0 Å². The first-order chi connectivity index (χ1) is 14.6. The number of rotatable bonds is 6. The number of esters is 1. The Morgan fingerprint density at radius 3 is 2.60 bits per heavy atom. The first-order valence-corrected chi connectivity index (χ1v) is 9.79. The number of hydrogen-bond donors (Lipinski definition) is 1. The average Bonchev–Trinajstić information content (AvgIpc) is 3.12. The number of phenolic OH excluding ortho intramolecular Hbond substituents is 1. The van der Waals surface area contributed by atoms with Crippen molar-refractivity contribution in [3.63, 3.8) is 0 Å². The molecule has 0 unspecified atom stereocenters. The first-order valence-electron chi connectivity index (χ1n) is 9.79. The number of nitrogens with zero attached hydrogens (tertiary/aromatic N) is 3. The summed E-state index contributed by atoms with van der Waals surface area (Å²) >= 11 is 0. The molecule has 2 atom stereocenters. The molecule has 8 heteroatoms. The van der Waals surface area contributed by atoms with Gasteiger partial charge >= 0.3 is 5.97 Å². The van der Waals surface area contributed by atoms with Crippen LogP contribution in [0.4, 0.5) is 5.95 Å². The van der Waals surface area contributed by atoms with Crippen LogP contribution >= 0.6 is 0 Å². The third kappa shape index (κ3) is 3.29. The number of ether oxygens (including phenoxy) is 2. The van der Waals surface area contributed by atoms with Crippen LogP contribution in [0, 0.1) is 5.92 Å². The van der Waals surface area contributed by atoms with E-state index < -0.39 is 17.9 Å². The number of imidazole rings is 1. The molecule has 1 aliphatic heterocycles. The summed E-state index contributed by atoms with van der Waals surface area (Å²) in [6.45, 7) is 2.44. The summed E-state index contributed by atoms with van der Waals surface area (Å²) in [5.74, 6) is -1.50. The minimum atomic E-state index is -1.09. The van der Waals surface area contributed by atoms with Crippen molar-refractivity contribution in [3.8, 4) is 5.75 Å². The Morgan fingerprint density at radius 1 is 1.17 bits per heavy atom. The number of methoxy groups -OCH3 is 1. The average molecular weight is 409 g/mol. The fourth-order valence-corrected chi connectivity index (χ4v) is 3.91. The number of fused-ring (bicyclic) bond motifs is 3. The minimum absolute atomic E-state index is 0.103. The minimum Gasteiger partial charge on any atom is -0.508 e. The maximum Gasteiger partial charge on any atom is 0.321 e. The van der Waals surface area contributed by atoms with E-state index in [-0.39, 0.29) is 24.8 Å². The van der Waals surface area contributed by atoms with Gasteiger partial charge in [0, 0.05) is 7.11 Å². The van der Waals surface area contributed by atoms with Gasteiger partial charge in [0.15, 0.2) is 5.92 Å². The molecule has 0 bridgehead atoms. The maximum absolute atomic E-state index is 13.5. The Morgan fingerprint density at radius 2 is 1.90 bits per heavy atom. The Labute approximate surface area is 173 Å². The van der Waals surface area contributed by atoms with Crippen LogP contribution in [0.15, 0.2) is 48.5 Å². The van der Waals surface area contributed by atoms with Crippen molar-refractivity contribution in [2.24, 2.45) is 5.92 Å². The second-order valence-corrected chi connectivity index (χ2v) is 7.02. The van der Waals surface area contributed by atoms with Gasteiger partial charge in [-0.1, -0.05) is 24.3 Å². The quantitative estimate of drug-likeness (QED) is 0.497. The van der Waals surface area contributed by atoms with Crippen LogP contribution in [0.1, 0.15) is 18.5 Å². The fraction of sp³-hybridized carbons (Fsp3) is 0.318. The molecule has 156 valence electrons. The summed E-state index contributed by atoms with van der Waals surface area (Å²) in [7, 11) is 1.56. The molecule has 30 heavy (non-hydrogen) atoms. The molecule has 3 aromatic rings. The standard InChI is InChI=1S/C22H23N3O5/c1-3-30-21(28)18-19(14-8-10-15(26)11-9-14)25-17-7-5-4-6-16(17)23-22(25)24(20(18)27)12-13-29-2/h4-11,18-19,26H,3,12-13H2,1-2H3/t18-,19+/m1/s1. The molecule has 1 aliphatic rings. The number of carbonyl (C=O) groups excluding carboxylic acids is 2. The number of para-hydroxylation sites is 2. The first kappa shape index (κ1) is 19.9. The van der Waals surface area contributed by atoms with Crippen molar-refractivity contribution in [1.82, 2.24) is 9.55 Å². The zero-order valence-electron chi connectivity index (χ0n) is 16.8. The SMILES string of the molecule is CCOC(=O)[C@H]1C(=O)N(CCOC)c2nc3ccccc3n2[C@H]1c1ccc(O)cc1. The molecule has 0 aliphatic carbocycles. The maximum atomic E-state index is 13.5. The van der Waals surface area contributed by atoms with Gasteiger partial charge in [-0.05, 0) is 36.8 Å². The van der Waals surface area contributed by atoms with Gasteiger partial charge in [0.05, 0.1) is 36.8 Å². The van der Waals surface area contributed by atoms with Gasteiger partial charge in [-0.2, -0.15) is 0 Å². The Hall–Kier alpha value is -3.39. The van der Waals surface area contributed by atoms with E-state index in [1.807, 2.05) is 28.8 Å². The van der Waals surface area contributed by atoms with Crippen molar-refractivity contribution in [1.29, 1.82) is 0 Å². The molecule has 8 nitrogen and oxygen atoms in total. The Balaban J connectivity index is 1.97. The second kappa shape index (κ2) is 8.16. The summed E-state index contributed by atoms with van der Waals surface area (Å²) in [6.07, 6.45) is 0. The van der Waals surface area contributed by atoms with E-state index in [0.717, 1.165) is 11.0 Å². The zero-order chi connectivity index (χ0) is 21.3. The van der Waals surface area contributed by atoms with E-state index in [1.165, 1.54) is 17.0 Å². The number of hydrogen-bond acceptors (Lipinski definition) is 6. The third-order valence-electron chi connectivity index (χ3n) is 5.24. The lowest BCUT2D eigenvalue weighted by Gasteiger charge is -2.37. The van der Waals surface area contributed by atoms with Crippen LogP contribution in [-0.4, -0.2) is 53.4 Å². The van der Waals surface area contributed by atoms with Crippen LogP contribution in [0.2, 0.25) is 0 Å². The number of anilines is 1. The van der Waals surface area contributed by atoms with Crippen molar-refractivity contribution in [3.05, 3.63) is 54.1 Å². The highest BCUT2D eigenvalue weighted by Crippen LogP contribution is 2.41. The van der Waals surface area contributed by atoms with Crippen LogP contribution in [0.5, 0.6) is 5.75 Å². The molecule has 0 radical (unpaired) electrons. The molecule has 0 spiro atoms. The van der Waals surface area contributed by atoms with E-state index in [1.54, 1.807) is 26.2 Å². The van der Waals surface area contributed by atoms with E-state index in [4.69, 9.17) is 9.47 Å². The van der Waals surface area contributed by atoms with Crippen LogP contribution in [0.25, 0.3) is 11.0 Å². The van der Waals surface area contributed by atoms with E-state index in [0.29, 0.717) is 18.1 Å². The number of carbonyl (C=O) groups is 2. The van der Waals surface area contributed by atoms with Crippen LogP contribution in [-0.2, 0) is 19.1 Å². The lowest BCUT2D eigenvalue weighted by Crippen LogP contribution is -2.51. The molecule has 1 N–H and O–H groups in total. The smallest absolute Gasteiger partial charge is 0.321 e. The molecule has 0 saturated carbocycles. The topological polar surface area (TPSA) is 93.9 Å². The van der Waals surface area contributed by atoms with Gasteiger partial charge in [0.2, 0.25) is 11.9 Å². The predicted octanol–water partition coefficient (Wildman–Crippen LogP) is 2.50. The van der Waals surface area contributed by atoms with Gasteiger partial charge in [-0.15, -0.1) is 0 Å². The lowest BCUT2D eigenvalue weighted by atomic mass is 9.89. The molecule has 2 aromatic carbocycles. The Bertz CT molecular complexity index is 1080. The van der Waals surface area contributed by atoms with E-state index in [9.17, 15) is 14.7 Å². The summed E-state index contributed by atoms with van der Waals surface area (Å²) < 4.78 is 12.4. The summed E-state index contributed by atoms with van der Waals surface area (Å²) in [4.78, 5) is 32.6. The monoisotopic (exact) mass is 409 g/mol. The van der Waals surface area contributed by atoms with Crippen molar-refractivity contribution < 1.29 is 24.2 Å². The highest BCUT2D eigenvalue weighted by atomic mass is 16.5. The molecule has 4 rings (SSSR count). The highest BCUT2D eigenvalue weighted by molar-refractivity contribution is 6.08. The highest BCUT2D eigenvalue weighted by Gasteiger charge is 2.47. The molecule has 1 aromatic heterocycles. The fourth-order valence-electron chi connectivity index (χ4n) is 3.91. The van der Waals surface area contributed by atoms with Crippen molar-refractivity contribution >= 4 is 28.9 Å². The molecular formula is C22H23N3O5. The van der Waals surface area contributed by atoms with E-state index in [2.05, 4.69) is 4.98 Å². The van der Waals surface area contributed by atoms with Crippen molar-refractivity contribution in [2.45, 2.75) is 13.0 Å². The molecule has 0 fully saturated rings. The van der Waals surface area contributed by atoms with Gasteiger partial charge in [-0.3, -0.25) is 14.5 Å². The summed E-state index contributed by atoms with van der Waals surface area (Å²) in [6, 6.07) is 13.4. The Kier molecular flexibility index (Phi) is 5.41. The summed E-state index contributed by atoms with van der Waals surface area (Å²) in [5, 5.41) is 9.73. The van der Waals surface area contributed by atoms with Gasteiger partial charge in [-0.25, -0.2) is 4.98 Å². The van der Waals surface area contributed by atoms with E-state index >= 15 is 0 Å². The van der Waals surface area contributed by atoms with Crippen molar-refractivity contribution in [2.75, 3.05) is 31.8 Å². The van der Waals surface area contributed by atoms with Gasteiger partial charge in [0.25, 0.3) is 0 Å². The predicted molar refractivity (Wildman–Crippen MR) is 110 cm³/mol. The second-order valence-electron chi connectivity index (χ2n) is 7.02. The van der Waals surface area contributed by atoms with Crippen LogP contribution < -0.4 is 4.90 Å². The molecule has 2 heterocycles. The third-order valence-corrected chi connectivity index (χ3v) is 5.24. The summed E-state index contributed by atoms with van der Waals surface area (Å²) in [5.41, 5.74) is 2.22. The normalized spacial score (nSPS) is 18.5. The number of amides is 1. The number of aromatic hydroxyl groups is 1. The van der Waals surface area contributed by atoms with Gasteiger partial charge in [0.1, 0.15) is 5.75 Å². The lowest BCUT2D eigenvalue weighted by molar-refractivity contribution is -0.153. The number of aromatic nitrogens is 2. The largest absolute Gasteiger partial charge is 0.508 e. The molecule has 1 amide bonds.